The minimum Gasteiger partial charge on any atom is -0.325 e. The number of anilines is 1. The molecule has 2 heterocycles. The van der Waals surface area contributed by atoms with E-state index in [1.54, 1.807) is 11.8 Å². The monoisotopic (exact) mass is 411 g/mol. The van der Waals surface area contributed by atoms with Gasteiger partial charge >= 0.3 is 0 Å². The molecule has 0 spiro atoms. The number of carbonyl (C=O) groups is 1. The van der Waals surface area contributed by atoms with E-state index in [0.29, 0.717) is 0 Å². The van der Waals surface area contributed by atoms with Crippen LogP contribution in [0.1, 0.15) is 17.0 Å². The van der Waals surface area contributed by atoms with Gasteiger partial charge in [-0.1, -0.05) is 84.6 Å². The van der Waals surface area contributed by atoms with Crippen LogP contribution in [0.5, 0.6) is 0 Å². The molecule has 0 saturated carbocycles. The predicted molar refractivity (Wildman–Crippen MR) is 122 cm³/mol. The van der Waals surface area contributed by atoms with Gasteiger partial charge in [-0.05, 0) is 23.3 Å². The van der Waals surface area contributed by atoms with Crippen LogP contribution in [0.3, 0.4) is 0 Å². The Hall–Kier alpha value is -3.31. The summed E-state index contributed by atoms with van der Waals surface area (Å²) < 4.78 is 2.19. The van der Waals surface area contributed by atoms with Crippen LogP contribution in [-0.4, -0.2) is 21.2 Å². The lowest BCUT2D eigenvalue weighted by atomic mass is 9.90. The molecule has 4 nitrogen and oxygen atoms in total. The number of rotatable bonds is 5. The number of thioether (sulfide) groups is 1. The Bertz CT molecular complexity index is 1110. The van der Waals surface area contributed by atoms with Gasteiger partial charge in [-0.25, -0.2) is 4.98 Å². The molecule has 0 fully saturated rings. The van der Waals surface area contributed by atoms with Gasteiger partial charge in [0.1, 0.15) is 0 Å². The fourth-order valence-electron chi connectivity index (χ4n) is 3.81. The van der Waals surface area contributed by atoms with Crippen LogP contribution in [0.2, 0.25) is 0 Å². The number of nitrogens with zero attached hydrogens (tertiary/aromatic N) is 2. The van der Waals surface area contributed by atoms with Gasteiger partial charge in [-0.15, -0.1) is 0 Å². The van der Waals surface area contributed by atoms with E-state index in [4.69, 9.17) is 4.98 Å². The number of hydrogen-bond acceptors (Lipinski definition) is 3. The Morgan fingerprint density at radius 3 is 2.30 bits per heavy atom. The molecule has 1 aliphatic rings. The third kappa shape index (κ3) is 3.76. The lowest BCUT2D eigenvalue weighted by Gasteiger charge is -2.18. The number of benzene rings is 3. The first-order valence-electron chi connectivity index (χ1n) is 9.99. The van der Waals surface area contributed by atoms with Crippen LogP contribution in [0, 0.1) is 0 Å². The van der Waals surface area contributed by atoms with Crippen molar-refractivity contribution in [1.29, 1.82) is 0 Å². The average molecular weight is 412 g/mol. The lowest BCUT2D eigenvalue weighted by Crippen LogP contribution is -2.22. The van der Waals surface area contributed by atoms with E-state index >= 15 is 0 Å². The van der Waals surface area contributed by atoms with E-state index in [1.807, 2.05) is 84.9 Å². The smallest absolute Gasteiger partial charge is 0.236 e. The summed E-state index contributed by atoms with van der Waals surface area (Å²) in [5, 5.41) is 4.18. The highest BCUT2D eigenvalue weighted by molar-refractivity contribution is 7.99. The number of nitrogens with one attached hydrogen (secondary N) is 1. The summed E-state index contributed by atoms with van der Waals surface area (Å²) in [5.41, 5.74) is 4.66. The van der Waals surface area contributed by atoms with Crippen molar-refractivity contribution in [2.75, 3.05) is 11.1 Å². The molecule has 0 aliphatic carbocycles. The van der Waals surface area contributed by atoms with Crippen LogP contribution in [-0.2, 0) is 11.3 Å². The summed E-state index contributed by atoms with van der Waals surface area (Å²) in [6.07, 6.45) is 2.09. The van der Waals surface area contributed by atoms with Crippen molar-refractivity contribution in [3.05, 3.63) is 102 Å². The zero-order valence-corrected chi connectivity index (χ0v) is 17.2. The second-order valence-electron chi connectivity index (χ2n) is 7.28. The van der Waals surface area contributed by atoms with Gasteiger partial charge in [0.15, 0.2) is 5.16 Å². The van der Waals surface area contributed by atoms with Crippen molar-refractivity contribution in [1.82, 2.24) is 9.55 Å². The van der Waals surface area contributed by atoms with E-state index in [0.717, 1.165) is 45.5 Å². The second kappa shape index (κ2) is 8.20. The molecule has 1 aliphatic heterocycles. The molecule has 148 valence electrons. The molecule has 4 aromatic rings. The summed E-state index contributed by atoms with van der Waals surface area (Å²) in [7, 11) is 0. The van der Waals surface area contributed by atoms with Crippen molar-refractivity contribution in [3.63, 3.8) is 0 Å². The van der Waals surface area contributed by atoms with Gasteiger partial charge in [0, 0.05) is 29.7 Å². The van der Waals surface area contributed by atoms with Gasteiger partial charge < -0.3 is 9.88 Å². The molecular weight excluding hydrogens is 390 g/mol. The van der Waals surface area contributed by atoms with Crippen LogP contribution in [0.15, 0.2) is 96.3 Å². The average Bonchev–Trinajstić information content (AvgIpc) is 3.38. The number of aromatic nitrogens is 2. The summed E-state index contributed by atoms with van der Waals surface area (Å²) in [6.45, 7) is 0.999. The normalized spacial score (nSPS) is 12.7. The van der Waals surface area contributed by atoms with E-state index < -0.39 is 0 Å². The van der Waals surface area contributed by atoms with E-state index in [9.17, 15) is 4.79 Å². The summed E-state index contributed by atoms with van der Waals surface area (Å²) in [5.74, 6) is 0.662. The van der Waals surface area contributed by atoms with Gasteiger partial charge in [-0.2, -0.15) is 0 Å². The highest BCUT2D eigenvalue weighted by atomic mass is 32.2. The van der Waals surface area contributed by atoms with Crippen molar-refractivity contribution >= 4 is 23.4 Å². The second-order valence-corrected chi connectivity index (χ2v) is 8.34. The Morgan fingerprint density at radius 1 is 0.933 bits per heavy atom. The Balaban J connectivity index is 1.43. The molecule has 5 heteroatoms. The first-order chi connectivity index (χ1) is 14.8. The molecule has 1 aromatic heterocycles. The maximum absolute atomic E-state index is 13.3. The molecule has 0 unspecified atom stereocenters. The Kier molecular flexibility index (Phi) is 5.11. The fraction of sp³-hybridized carbons (Fsp3) is 0.120. The van der Waals surface area contributed by atoms with Gasteiger partial charge in [0.2, 0.25) is 5.91 Å². The highest BCUT2D eigenvalue weighted by Gasteiger charge is 2.23. The SMILES string of the molecule is O=C(Nc1cccc(-c2cn3c(n2)SCC3)c1)C(c1ccccc1)c1ccccc1. The summed E-state index contributed by atoms with van der Waals surface area (Å²) in [6, 6.07) is 27.7. The molecule has 0 saturated heterocycles. The van der Waals surface area contributed by atoms with Crippen LogP contribution >= 0.6 is 11.8 Å². The topological polar surface area (TPSA) is 46.9 Å². The quantitative estimate of drug-likeness (QED) is 0.477. The van der Waals surface area contributed by atoms with Crippen molar-refractivity contribution in [3.8, 4) is 11.3 Å². The van der Waals surface area contributed by atoms with Crippen molar-refractivity contribution in [2.45, 2.75) is 17.6 Å². The summed E-state index contributed by atoms with van der Waals surface area (Å²) >= 11 is 1.78. The molecule has 5 rings (SSSR count). The first kappa shape index (κ1) is 18.7. The number of aryl methyl sites for hydroxylation is 1. The molecule has 30 heavy (non-hydrogen) atoms. The number of hydrogen-bond donors (Lipinski definition) is 1. The molecule has 0 atom stereocenters. The Morgan fingerprint density at radius 2 is 1.63 bits per heavy atom. The predicted octanol–water partition coefficient (Wildman–Crippen LogP) is 5.43. The first-order valence-corrected chi connectivity index (χ1v) is 11.0. The number of amides is 1. The van der Waals surface area contributed by atoms with Crippen LogP contribution in [0.4, 0.5) is 5.69 Å². The van der Waals surface area contributed by atoms with E-state index in [1.165, 1.54) is 0 Å². The third-order valence-electron chi connectivity index (χ3n) is 5.26. The number of imidazole rings is 1. The molecule has 1 amide bonds. The van der Waals surface area contributed by atoms with Gasteiger partial charge in [0.05, 0.1) is 11.6 Å². The molecule has 0 bridgehead atoms. The summed E-state index contributed by atoms with van der Waals surface area (Å²) in [4.78, 5) is 18.1. The van der Waals surface area contributed by atoms with Crippen molar-refractivity contribution < 1.29 is 4.79 Å². The minimum atomic E-state index is -0.371. The third-order valence-corrected chi connectivity index (χ3v) is 6.23. The number of fused-ring (bicyclic) bond motifs is 1. The fourth-order valence-corrected chi connectivity index (χ4v) is 4.75. The maximum atomic E-state index is 13.3. The molecule has 3 aromatic carbocycles. The molecule has 0 radical (unpaired) electrons. The molecule has 1 N–H and O–H groups in total. The zero-order chi connectivity index (χ0) is 20.3. The van der Waals surface area contributed by atoms with E-state index in [-0.39, 0.29) is 11.8 Å². The number of carbonyl (C=O) groups excluding carboxylic acids is 1. The maximum Gasteiger partial charge on any atom is 0.236 e. The van der Waals surface area contributed by atoms with Crippen LogP contribution < -0.4 is 5.32 Å². The largest absolute Gasteiger partial charge is 0.325 e. The van der Waals surface area contributed by atoms with E-state index in [2.05, 4.69) is 16.1 Å². The molecular formula is C25H21N3OS. The van der Waals surface area contributed by atoms with Gasteiger partial charge in [0.25, 0.3) is 0 Å². The highest BCUT2D eigenvalue weighted by Crippen LogP contribution is 2.31. The lowest BCUT2D eigenvalue weighted by molar-refractivity contribution is -0.116. The zero-order valence-electron chi connectivity index (χ0n) is 16.4. The van der Waals surface area contributed by atoms with Crippen LogP contribution in [0.25, 0.3) is 11.3 Å². The minimum absolute atomic E-state index is 0.0487. The standard InChI is InChI=1S/C25H21N3OS/c29-24(23(18-8-3-1-4-9-18)19-10-5-2-6-11-19)26-21-13-7-12-20(16-21)22-17-28-14-15-30-25(28)27-22/h1-13,16-17,23H,14-15H2,(H,26,29). The Labute approximate surface area is 180 Å². The van der Waals surface area contributed by atoms with Crippen molar-refractivity contribution in [2.24, 2.45) is 0 Å². The van der Waals surface area contributed by atoms with Gasteiger partial charge in [-0.3, -0.25) is 4.79 Å².